The number of piperidine rings is 1. The van der Waals surface area contributed by atoms with Gasteiger partial charge in [-0.3, -0.25) is 9.59 Å². The molecule has 0 aliphatic carbocycles. The molecule has 1 aliphatic rings. The zero-order valence-electron chi connectivity index (χ0n) is 12.5. The molecule has 2 heterocycles. The number of Topliss-reactive ketones (excluding diaryl/α,β-unsaturated/α-hetero) is 1. The fourth-order valence-corrected chi connectivity index (χ4v) is 2.78. The fourth-order valence-electron chi connectivity index (χ4n) is 2.78. The molecule has 0 radical (unpaired) electrons. The highest BCUT2D eigenvalue weighted by atomic mass is 16.1. The van der Waals surface area contributed by atoms with E-state index in [1.807, 2.05) is 4.90 Å². The Morgan fingerprint density at radius 3 is 2.85 bits per heavy atom. The van der Waals surface area contributed by atoms with Crippen LogP contribution in [0.3, 0.4) is 0 Å². The van der Waals surface area contributed by atoms with Crippen LogP contribution in [0.25, 0.3) is 0 Å². The van der Waals surface area contributed by atoms with Crippen molar-refractivity contribution in [2.45, 2.75) is 52.6 Å². The van der Waals surface area contributed by atoms with Gasteiger partial charge < -0.3 is 9.47 Å². The van der Waals surface area contributed by atoms with Crippen LogP contribution in [0.4, 0.5) is 5.82 Å². The van der Waals surface area contributed by atoms with Gasteiger partial charge in [0.25, 0.3) is 5.56 Å². The minimum absolute atomic E-state index is 0.0886. The van der Waals surface area contributed by atoms with Crippen molar-refractivity contribution in [2.75, 3.05) is 11.4 Å². The second-order valence-electron chi connectivity index (χ2n) is 5.92. The number of carbonyl (C=O) groups is 1. The lowest BCUT2D eigenvalue weighted by Crippen LogP contribution is -2.47. The number of hydrogen-bond acceptors (Lipinski definition) is 4. The van der Waals surface area contributed by atoms with E-state index >= 15 is 0 Å². The number of anilines is 1. The maximum atomic E-state index is 12.5. The quantitative estimate of drug-likeness (QED) is 0.843. The molecule has 0 bridgehead atoms. The number of hydrogen-bond donors (Lipinski definition) is 0. The summed E-state index contributed by atoms with van der Waals surface area (Å²) in [5.41, 5.74) is -0.0886. The van der Waals surface area contributed by atoms with Gasteiger partial charge in [0.15, 0.2) is 11.6 Å². The van der Waals surface area contributed by atoms with Crippen LogP contribution >= 0.6 is 0 Å². The normalized spacial score (nSPS) is 19.4. The molecule has 0 aromatic carbocycles. The molecule has 1 atom stereocenters. The van der Waals surface area contributed by atoms with E-state index in [-0.39, 0.29) is 17.4 Å². The summed E-state index contributed by atoms with van der Waals surface area (Å²) in [7, 11) is 0. The van der Waals surface area contributed by atoms with Crippen molar-refractivity contribution in [1.29, 1.82) is 0 Å². The van der Waals surface area contributed by atoms with Gasteiger partial charge in [0, 0.05) is 25.5 Å². The third-order valence-electron chi connectivity index (χ3n) is 3.70. The molecule has 5 heteroatoms. The summed E-state index contributed by atoms with van der Waals surface area (Å²) >= 11 is 0. The molecule has 1 unspecified atom stereocenters. The Kier molecular flexibility index (Phi) is 4.57. The second kappa shape index (κ2) is 6.20. The average molecular weight is 277 g/mol. The summed E-state index contributed by atoms with van der Waals surface area (Å²) in [5, 5.41) is 0. The predicted molar refractivity (Wildman–Crippen MR) is 79.0 cm³/mol. The number of nitrogens with zero attached hydrogens (tertiary/aromatic N) is 3. The lowest BCUT2D eigenvalue weighted by Gasteiger charge is -2.34. The highest BCUT2D eigenvalue weighted by molar-refractivity contribution is 5.84. The zero-order valence-corrected chi connectivity index (χ0v) is 12.5. The van der Waals surface area contributed by atoms with Gasteiger partial charge in [-0.05, 0) is 32.1 Å². The molecule has 0 saturated carbocycles. The molecule has 1 fully saturated rings. The van der Waals surface area contributed by atoms with Crippen LogP contribution in [0.5, 0.6) is 0 Å². The number of carbonyl (C=O) groups excluding carboxylic acids is 1. The van der Waals surface area contributed by atoms with Crippen LogP contribution in [0.15, 0.2) is 17.2 Å². The topological polar surface area (TPSA) is 55.2 Å². The van der Waals surface area contributed by atoms with Crippen molar-refractivity contribution in [1.82, 2.24) is 9.55 Å². The Bertz CT molecular complexity index is 536. The monoisotopic (exact) mass is 277 g/mol. The van der Waals surface area contributed by atoms with E-state index in [9.17, 15) is 9.59 Å². The van der Waals surface area contributed by atoms with E-state index in [4.69, 9.17) is 0 Å². The Labute approximate surface area is 119 Å². The van der Waals surface area contributed by atoms with E-state index in [1.54, 1.807) is 23.9 Å². The van der Waals surface area contributed by atoms with Crippen LogP contribution < -0.4 is 10.5 Å². The van der Waals surface area contributed by atoms with Crippen molar-refractivity contribution < 1.29 is 4.79 Å². The van der Waals surface area contributed by atoms with Gasteiger partial charge in [0.1, 0.15) is 0 Å². The maximum absolute atomic E-state index is 12.5. The van der Waals surface area contributed by atoms with Crippen molar-refractivity contribution in [2.24, 2.45) is 5.92 Å². The molecule has 1 saturated heterocycles. The maximum Gasteiger partial charge on any atom is 0.293 e. The summed E-state index contributed by atoms with van der Waals surface area (Å²) < 4.78 is 1.69. The van der Waals surface area contributed by atoms with Crippen molar-refractivity contribution in [3.05, 3.63) is 22.7 Å². The van der Waals surface area contributed by atoms with Crippen molar-refractivity contribution in [3.63, 3.8) is 0 Å². The molecule has 0 amide bonds. The minimum Gasteiger partial charge on any atom is -0.342 e. The highest BCUT2D eigenvalue weighted by Crippen LogP contribution is 2.21. The summed E-state index contributed by atoms with van der Waals surface area (Å²) in [6.07, 6.45) is 6.23. The molecule has 2 rings (SSSR count). The molecule has 1 aromatic rings. The zero-order chi connectivity index (χ0) is 14.7. The van der Waals surface area contributed by atoms with E-state index in [2.05, 4.69) is 18.8 Å². The van der Waals surface area contributed by atoms with E-state index < -0.39 is 0 Å². The molecular weight excluding hydrogens is 254 g/mol. The highest BCUT2D eigenvalue weighted by Gasteiger charge is 2.29. The summed E-state index contributed by atoms with van der Waals surface area (Å²) in [6.45, 7) is 7.15. The average Bonchev–Trinajstić information content (AvgIpc) is 2.40. The first-order valence-electron chi connectivity index (χ1n) is 7.33. The van der Waals surface area contributed by atoms with Gasteiger partial charge in [-0.25, -0.2) is 4.98 Å². The number of aromatic nitrogens is 2. The van der Waals surface area contributed by atoms with Gasteiger partial charge in [-0.2, -0.15) is 0 Å². The lowest BCUT2D eigenvalue weighted by molar-refractivity contribution is -0.118. The first kappa shape index (κ1) is 14.8. The van der Waals surface area contributed by atoms with E-state index in [1.165, 1.54) is 0 Å². The minimum atomic E-state index is -0.196. The second-order valence-corrected chi connectivity index (χ2v) is 5.92. The fraction of sp³-hybridized carbons (Fsp3) is 0.667. The van der Waals surface area contributed by atoms with Crippen molar-refractivity contribution in [3.8, 4) is 0 Å². The molecule has 1 aliphatic heterocycles. The summed E-state index contributed by atoms with van der Waals surface area (Å²) in [6, 6.07) is -0.196. The third-order valence-corrected chi connectivity index (χ3v) is 3.70. The summed E-state index contributed by atoms with van der Waals surface area (Å²) in [5.74, 6) is 0.936. The van der Waals surface area contributed by atoms with Gasteiger partial charge in [0.2, 0.25) is 0 Å². The van der Waals surface area contributed by atoms with Crippen LogP contribution in [0.2, 0.25) is 0 Å². The van der Waals surface area contributed by atoms with E-state index in [0.29, 0.717) is 18.3 Å². The number of rotatable bonds is 4. The standard InChI is InChI=1S/C15H23N3O2/c1-11(2)10-17-9-7-16-14(15(17)20)18-8-5-4-6-13(18)12(3)19/h7,9,11,13H,4-6,8,10H2,1-3H3. The van der Waals surface area contributed by atoms with Gasteiger partial charge >= 0.3 is 0 Å². The molecule has 1 aromatic heterocycles. The van der Waals surface area contributed by atoms with Crippen LogP contribution in [0, 0.1) is 5.92 Å². The molecular formula is C15H23N3O2. The first-order chi connectivity index (χ1) is 9.50. The SMILES string of the molecule is CC(=O)C1CCCCN1c1nccn(CC(C)C)c1=O. The molecule has 0 N–H and O–H groups in total. The van der Waals surface area contributed by atoms with E-state index in [0.717, 1.165) is 25.8 Å². The molecule has 0 spiro atoms. The summed E-state index contributed by atoms with van der Waals surface area (Å²) in [4.78, 5) is 30.4. The van der Waals surface area contributed by atoms with Gasteiger partial charge in [-0.1, -0.05) is 13.8 Å². The van der Waals surface area contributed by atoms with Crippen LogP contribution in [0.1, 0.15) is 40.0 Å². The van der Waals surface area contributed by atoms with Crippen LogP contribution in [-0.2, 0) is 11.3 Å². The number of ketones is 1. The smallest absolute Gasteiger partial charge is 0.293 e. The third kappa shape index (κ3) is 3.08. The van der Waals surface area contributed by atoms with Gasteiger partial charge in [-0.15, -0.1) is 0 Å². The molecule has 5 nitrogen and oxygen atoms in total. The van der Waals surface area contributed by atoms with Crippen LogP contribution in [-0.4, -0.2) is 27.9 Å². The molecule has 110 valence electrons. The Morgan fingerprint density at radius 1 is 1.45 bits per heavy atom. The Morgan fingerprint density at radius 2 is 2.20 bits per heavy atom. The molecule has 20 heavy (non-hydrogen) atoms. The Hall–Kier alpha value is -1.65. The first-order valence-corrected chi connectivity index (χ1v) is 7.33. The predicted octanol–water partition coefficient (Wildman–Crippen LogP) is 1.85. The Balaban J connectivity index is 2.36. The lowest BCUT2D eigenvalue weighted by atomic mass is 9.99. The van der Waals surface area contributed by atoms with Crippen molar-refractivity contribution >= 4 is 11.6 Å². The largest absolute Gasteiger partial charge is 0.342 e. The van der Waals surface area contributed by atoms with Gasteiger partial charge in [0.05, 0.1) is 6.04 Å².